The lowest BCUT2D eigenvalue weighted by Gasteiger charge is -2.22. The second-order valence-electron chi connectivity index (χ2n) is 7.15. The quantitative estimate of drug-likeness (QED) is 0.229. The van der Waals surface area contributed by atoms with Crippen LogP contribution in [0.2, 0.25) is 0 Å². The number of aryl methyl sites for hydroxylation is 1. The minimum absolute atomic E-state index is 0. The zero-order valence-corrected chi connectivity index (χ0v) is 20.2. The molecule has 1 aliphatic rings. The number of ether oxygens (including phenoxy) is 2. The van der Waals surface area contributed by atoms with Crippen molar-refractivity contribution in [3.8, 4) is 5.75 Å². The minimum atomic E-state index is 0. The van der Waals surface area contributed by atoms with E-state index in [1.807, 2.05) is 20.0 Å². The molecule has 7 heteroatoms. The number of aromatic nitrogens is 1. The van der Waals surface area contributed by atoms with Crippen molar-refractivity contribution in [2.45, 2.75) is 71.9 Å². The minimum Gasteiger partial charge on any atom is -0.496 e. The summed E-state index contributed by atoms with van der Waals surface area (Å²) in [5.41, 5.74) is 3.04. The molecular weight excluding hydrogens is 467 g/mol. The smallest absolute Gasteiger partial charge is 0.191 e. The van der Waals surface area contributed by atoms with Gasteiger partial charge in [0.05, 0.1) is 25.5 Å². The zero-order valence-electron chi connectivity index (χ0n) is 17.8. The van der Waals surface area contributed by atoms with Gasteiger partial charge in [-0.15, -0.1) is 24.0 Å². The summed E-state index contributed by atoms with van der Waals surface area (Å²) in [7, 11) is 1.70. The molecule has 1 aliphatic carbocycles. The molecule has 160 valence electrons. The molecule has 28 heavy (non-hydrogen) atoms. The summed E-state index contributed by atoms with van der Waals surface area (Å²) < 4.78 is 11.5. The summed E-state index contributed by atoms with van der Waals surface area (Å²) in [6.45, 7) is 9.13. The number of pyridine rings is 1. The molecule has 1 saturated carbocycles. The molecule has 0 unspecified atom stereocenters. The lowest BCUT2D eigenvalue weighted by molar-refractivity contribution is 0.0277. The van der Waals surface area contributed by atoms with Gasteiger partial charge in [0.25, 0.3) is 0 Å². The van der Waals surface area contributed by atoms with E-state index in [0.717, 1.165) is 54.6 Å². The van der Waals surface area contributed by atoms with Gasteiger partial charge in [0.1, 0.15) is 5.75 Å². The van der Waals surface area contributed by atoms with E-state index in [2.05, 4.69) is 27.5 Å². The molecule has 0 spiro atoms. The molecule has 0 atom stereocenters. The van der Waals surface area contributed by atoms with Crippen LogP contribution < -0.4 is 15.4 Å². The second-order valence-corrected chi connectivity index (χ2v) is 7.15. The van der Waals surface area contributed by atoms with Gasteiger partial charge in [0, 0.05) is 37.0 Å². The molecule has 1 aromatic rings. The van der Waals surface area contributed by atoms with E-state index in [1.54, 1.807) is 7.11 Å². The first-order chi connectivity index (χ1) is 13.2. The fourth-order valence-corrected chi connectivity index (χ4v) is 3.49. The predicted molar refractivity (Wildman–Crippen MR) is 126 cm³/mol. The van der Waals surface area contributed by atoms with Gasteiger partial charge < -0.3 is 20.1 Å². The lowest BCUT2D eigenvalue weighted by Crippen LogP contribution is -2.38. The molecule has 6 nitrogen and oxygen atoms in total. The van der Waals surface area contributed by atoms with Crippen LogP contribution in [-0.4, -0.2) is 43.9 Å². The van der Waals surface area contributed by atoms with Gasteiger partial charge in [0.15, 0.2) is 5.96 Å². The van der Waals surface area contributed by atoms with Crippen LogP contribution in [0.25, 0.3) is 0 Å². The molecule has 0 bridgehead atoms. The van der Waals surface area contributed by atoms with Gasteiger partial charge in [-0.1, -0.05) is 19.3 Å². The Kier molecular flexibility index (Phi) is 12.5. The monoisotopic (exact) mass is 504 g/mol. The molecule has 0 radical (unpaired) electrons. The van der Waals surface area contributed by atoms with Crippen LogP contribution in [0, 0.1) is 13.8 Å². The largest absolute Gasteiger partial charge is 0.496 e. The van der Waals surface area contributed by atoms with Gasteiger partial charge >= 0.3 is 0 Å². The first-order valence-electron chi connectivity index (χ1n) is 10.3. The Morgan fingerprint density at radius 2 is 1.96 bits per heavy atom. The number of hydrogen-bond acceptors (Lipinski definition) is 4. The second kappa shape index (κ2) is 14.0. The number of nitrogens with one attached hydrogen (secondary N) is 2. The number of methoxy groups -OCH3 is 1. The van der Waals surface area contributed by atoms with Crippen molar-refractivity contribution >= 4 is 29.9 Å². The zero-order chi connectivity index (χ0) is 19.5. The van der Waals surface area contributed by atoms with Crippen molar-refractivity contribution in [2.75, 3.05) is 26.8 Å². The maximum absolute atomic E-state index is 5.98. The van der Waals surface area contributed by atoms with Crippen molar-refractivity contribution in [1.29, 1.82) is 0 Å². The fourth-order valence-electron chi connectivity index (χ4n) is 3.49. The summed E-state index contributed by atoms with van der Waals surface area (Å²) in [5.74, 6) is 1.71. The van der Waals surface area contributed by atoms with Crippen LogP contribution >= 0.6 is 24.0 Å². The Morgan fingerprint density at radius 1 is 1.21 bits per heavy atom. The fraction of sp³-hybridized carbons (Fsp3) is 0.714. The van der Waals surface area contributed by atoms with Crippen LogP contribution in [0.15, 0.2) is 11.2 Å². The third-order valence-electron chi connectivity index (χ3n) is 5.00. The molecule has 0 saturated heterocycles. The number of nitrogens with zero attached hydrogens (tertiary/aromatic N) is 2. The van der Waals surface area contributed by atoms with Crippen molar-refractivity contribution in [3.63, 3.8) is 0 Å². The molecule has 1 heterocycles. The highest BCUT2D eigenvalue weighted by Crippen LogP contribution is 2.24. The van der Waals surface area contributed by atoms with Crippen LogP contribution in [0.5, 0.6) is 5.75 Å². The van der Waals surface area contributed by atoms with Crippen LogP contribution in [0.4, 0.5) is 0 Å². The average molecular weight is 504 g/mol. The van der Waals surface area contributed by atoms with E-state index >= 15 is 0 Å². The Bertz CT molecular complexity index is 604. The Balaban J connectivity index is 0.00000392. The van der Waals surface area contributed by atoms with Gasteiger partial charge in [-0.05, 0) is 40.0 Å². The molecule has 1 fully saturated rings. The first kappa shape index (κ1) is 24.9. The third kappa shape index (κ3) is 8.11. The molecule has 0 aromatic carbocycles. The van der Waals surface area contributed by atoms with Crippen LogP contribution in [0.3, 0.4) is 0 Å². The Labute approximate surface area is 187 Å². The van der Waals surface area contributed by atoms with E-state index in [-0.39, 0.29) is 24.0 Å². The van der Waals surface area contributed by atoms with Gasteiger partial charge in [-0.3, -0.25) is 4.98 Å². The standard InChI is InChI=1S/C21H36N4O2.HI/c1-5-22-21(23-12-9-13-27-18-10-7-6-8-11-18)25-15-19-17(3)20(26-4)16(2)14-24-19;/h14,18H,5-13,15H2,1-4H3,(H2,22,23,25);1H. The predicted octanol–water partition coefficient (Wildman–Crippen LogP) is 4.12. The van der Waals surface area contributed by atoms with E-state index in [9.17, 15) is 0 Å². The van der Waals surface area contributed by atoms with Crippen molar-refractivity contribution < 1.29 is 9.47 Å². The topological polar surface area (TPSA) is 67.8 Å². The van der Waals surface area contributed by atoms with Crippen LogP contribution in [-0.2, 0) is 11.3 Å². The molecular formula is C21H37IN4O2. The summed E-state index contributed by atoms with van der Waals surface area (Å²) >= 11 is 0. The highest BCUT2D eigenvalue weighted by molar-refractivity contribution is 14.0. The van der Waals surface area contributed by atoms with E-state index < -0.39 is 0 Å². The summed E-state index contributed by atoms with van der Waals surface area (Å²) in [6, 6.07) is 0. The molecule has 0 aliphatic heterocycles. The molecule has 1 aromatic heterocycles. The summed E-state index contributed by atoms with van der Waals surface area (Å²) in [4.78, 5) is 9.19. The van der Waals surface area contributed by atoms with Gasteiger partial charge in [0.2, 0.25) is 0 Å². The molecule has 2 N–H and O–H groups in total. The summed E-state index contributed by atoms with van der Waals surface area (Å²) in [5, 5.41) is 6.68. The maximum atomic E-state index is 5.98. The van der Waals surface area contributed by atoms with Crippen molar-refractivity contribution in [3.05, 3.63) is 23.0 Å². The number of guanidine groups is 1. The van der Waals surface area contributed by atoms with E-state index in [0.29, 0.717) is 12.6 Å². The highest BCUT2D eigenvalue weighted by atomic mass is 127. The SMILES string of the molecule is CCNC(=NCc1ncc(C)c(OC)c1C)NCCCOC1CCCCC1.I. The Morgan fingerprint density at radius 3 is 2.64 bits per heavy atom. The van der Waals surface area contributed by atoms with Gasteiger partial charge in [-0.25, -0.2) is 4.99 Å². The maximum Gasteiger partial charge on any atom is 0.191 e. The van der Waals surface area contributed by atoms with Crippen molar-refractivity contribution in [2.24, 2.45) is 4.99 Å². The van der Waals surface area contributed by atoms with E-state index in [1.165, 1.54) is 32.1 Å². The summed E-state index contributed by atoms with van der Waals surface area (Å²) in [6.07, 6.45) is 9.76. The average Bonchev–Trinajstić information content (AvgIpc) is 2.68. The molecule has 0 amide bonds. The number of hydrogen-bond donors (Lipinski definition) is 2. The van der Waals surface area contributed by atoms with Crippen molar-refractivity contribution in [1.82, 2.24) is 15.6 Å². The number of aliphatic imine (C=N–C) groups is 1. The first-order valence-corrected chi connectivity index (χ1v) is 10.3. The third-order valence-corrected chi connectivity index (χ3v) is 5.00. The van der Waals surface area contributed by atoms with Gasteiger partial charge in [-0.2, -0.15) is 0 Å². The molecule has 2 rings (SSSR count). The van der Waals surface area contributed by atoms with Crippen LogP contribution in [0.1, 0.15) is 62.3 Å². The lowest BCUT2D eigenvalue weighted by atomic mass is 9.98. The highest BCUT2D eigenvalue weighted by Gasteiger charge is 2.13. The van der Waals surface area contributed by atoms with E-state index in [4.69, 9.17) is 9.47 Å². The number of rotatable bonds is 9. The normalized spacial score (nSPS) is 15.1. The Hall–Kier alpha value is -1.09. The number of halogens is 1.